The van der Waals surface area contributed by atoms with E-state index in [9.17, 15) is 0 Å². The number of piperidine rings is 1. The second-order valence-electron chi connectivity index (χ2n) is 5.95. The van der Waals surface area contributed by atoms with Gasteiger partial charge in [-0.2, -0.15) is 0 Å². The monoisotopic (exact) mass is 273 g/mol. The van der Waals surface area contributed by atoms with Crippen molar-refractivity contribution in [1.82, 2.24) is 9.88 Å². The van der Waals surface area contributed by atoms with E-state index in [2.05, 4.69) is 21.7 Å². The van der Waals surface area contributed by atoms with Gasteiger partial charge in [0.1, 0.15) is 5.84 Å². The average Bonchev–Trinajstić information content (AvgIpc) is 2.46. The SMILES string of the molecule is CC1CN2CCCCC2CN1c1cnccc1C(=N)N. The Morgan fingerprint density at radius 2 is 2.25 bits per heavy atom. The van der Waals surface area contributed by atoms with Gasteiger partial charge in [0, 0.05) is 36.9 Å². The lowest BCUT2D eigenvalue weighted by molar-refractivity contribution is 0.115. The van der Waals surface area contributed by atoms with Gasteiger partial charge in [0.15, 0.2) is 0 Å². The number of nitrogens with one attached hydrogen (secondary N) is 1. The molecule has 0 aromatic carbocycles. The Kier molecular flexibility index (Phi) is 3.61. The van der Waals surface area contributed by atoms with Crippen molar-refractivity contribution < 1.29 is 0 Å². The molecule has 2 atom stereocenters. The summed E-state index contributed by atoms with van der Waals surface area (Å²) in [5.74, 6) is 0.126. The number of amidine groups is 1. The van der Waals surface area contributed by atoms with E-state index < -0.39 is 0 Å². The van der Waals surface area contributed by atoms with Crippen LogP contribution in [0.2, 0.25) is 0 Å². The molecule has 0 saturated carbocycles. The van der Waals surface area contributed by atoms with E-state index in [0.717, 1.165) is 24.3 Å². The molecule has 0 bridgehead atoms. The number of aromatic nitrogens is 1. The van der Waals surface area contributed by atoms with Crippen molar-refractivity contribution in [3.05, 3.63) is 24.0 Å². The highest BCUT2D eigenvalue weighted by Gasteiger charge is 2.33. The predicted molar refractivity (Wildman–Crippen MR) is 81.3 cm³/mol. The second-order valence-corrected chi connectivity index (χ2v) is 5.95. The number of nitrogen functional groups attached to an aromatic ring is 1. The van der Waals surface area contributed by atoms with Gasteiger partial charge in [-0.3, -0.25) is 15.3 Å². The Morgan fingerprint density at radius 1 is 1.40 bits per heavy atom. The summed E-state index contributed by atoms with van der Waals surface area (Å²) >= 11 is 0. The lowest BCUT2D eigenvalue weighted by Crippen LogP contribution is -2.59. The molecule has 1 aromatic rings. The van der Waals surface area contributed by atoms with Crippen LogP contribution in [0.5, 0.6) is 0 Å². The summed E-state index contributed by atoms with van der Waals surface area (Å²) in [6.07, 6.45) is 7.50. The van der Waals surface area contributed by atoms with E-state index in [1.54, 1.807) is 6.20 Å². The first-order valence-electron chi connectivity index (χ1n) is 7.46. The highest BCUT2D eigenvalue weighted by Crippen LogP contribution is 2.29. The van der Waals surface area contributed by atoms with Gasteiger partial charge in [0.2, 0.25) is 0 Å². The molecule has 3 N–H and O–H groups in total. The van der Waals surface area contributed by atoms with Crippen LogP contribution in [-0.4, -0.2) is 47.4 Å². The molecule has 1 aromatic heterocycles. The molecule has 2 aliphatic rings. The third kappa shape index (κ3) is 2.38. The maximum absolute atomic E-state index is 7.76. The largest absolute Gasteiger partial charge is 0.384 e. The summed E-state index contributed by atoms with van der Waals surface area (Å²) in [7, 11) is 0. The Morgan fingerprint density at radius 3 is 3.05 bits per heavy atom. The molecule has 3 rings (SSSR count). The Hall–Kier alpha value is -1.62. The van der Waals surface area contributed by atoms with Gasteiger partial charge in [-0.05, 0) is 32.4 Å². The van der Waals surface area contributed by atoms with Crippen LogP contribution in [0.25, 0.3) is 0 Å². The first kappa shape index (κ1) is 13.4. The number of pyridine rings is 1. The molecule has 2 fully saturated rings. The van der Waals surface area contributed by atoms with Crippen LogP contribution in [0.4, 0.5) is 5.69 Å². The highest BCUT2D eigenvalue weighted by atomic mass is 15.3. The molecule has 0 radical (unpaired) electrons. The lowest BCUT2D eigenvalue weighted by atomic mass is 9.96. The fraction of sp³-hybridized carbons (Fsp3) is 0.600. The Balaban J connectivity index is 1.88. The molecule has 0 spiro atoms. The maximum Gasteiger partial charge on any atom is 0.125 e. The molecule has 5 nitrogen and oxygen atoms in total. The van der Waals surface area contributed by atoms with E-state index >= 15 is 0 Å². The van der Waals surface area contributed by atoms with Crippen molar-refractivity contribution in [1.29, 1.82) is 5.41 Å². The molecule has 0 aliphatic carbocycles. The standard InChI is InChI=1S/C15H23N5/c1-11-9-19-7-3-2-4-12(19)10-20(11)14-8-18-6-5-13(14)15(16)17/h5-6,8,11-12H,2-4,7,9-10H2,1H3,(H3,16,17). The van der Waals surface area contributed by atoms with E-state index in [1.165, 1.54) is 25.8 Å². The topological polar surface area (TPSA) is 69.2 Å². The smallest absolute Gasteiger partial charge is 0.125 e. The van der Waals surface area contributed by atoms with Gasteiger partial charge in [-0.15, -0.1) is 0 Å². The summed E-state index contributed by atoms with van der Waals surface area (Å²) in [6.45, 7) is 5.60. The quantitative estimate of drug-likeness (QED) is 0.632. The number of piperazine rings is 1. The zero-order valence-corrected chi connectivity index (χ0v) is 12.0. The number of rotatable bonds is 2. The minimum atomic E-state index is 0.126. The molecule has 2 aliphatic heterocycles. The number of hydrogen-bond donors (Lipinski definition) is 2. The molecule has 2 unspecified atom stereocenters. The lowest BCUT2D eigenvalue weighted by Gasteiger charge is -2.48. The van der Waals surface area contributed by atoms with Crippen molar-refractivity contribution in [3.63, 3.8) is 0 Å². The minimum Gasteiger partial charge on any atom is -0.384 e. The fourth-order valence-corrected chi connectivity index (χ4v) is 3.53. The van der Waals surface area contributed by atoms with Crippen LogP contribution in [0.15, 0.2) is 18.5 Å². The number of nitrogens with two attached hydrogens (primary N) is 1. The summed E-state index contributed by atoms with van der Waals surface area (Å²) in [5.41, 5.74) is 7.53. The fourth-order valence-electron chi connectivity index (χ4n) is 3.53. The third-order valence-corrected chi connectivity index (χ3v) is 4.59. The number of hydrogen-bond acceptors (Lipinski definition) is 4. The maximum atomic E-state index is 7.76. The van der Waals surface area contributed by atoms with E-state index in [4.69, 9.17) is 11.1 Å². The van der Waals surface area contributed by atoms with Gasteiger partial charge < -0.3 is 10.6 Å². The van der Waals surface area contributed by atoms with Crippen molar-refractivity contribution in [3.8, 4) is 0 Å². The van der Waals surface area contributed by atoms with Crippen LogP contribution >= 0.6 is 0 Å². The molecule has 5 heteroatoms. The molecule has 108 valence electrons. The van der Waals surface area contributed by atoms with Gasteiger partial charge in [0.25, 0.3) is 0 Å². The Bertz CT molecular complexity index is 501. The van der Waals surface area contributed by atoms with E-state index in [0.29, 0.717) is 12.1 Å². The third-order valence-electron chi connectivity index (χ3n) is 4.59. The highest BCUT2D eigenvalue weighted by molar-refractivity contribution is 6.00. The van der Waals surface area contributed by atoms with Crippen molar-refractivity contribution >= 4 is 11.5 Å². The first-order chi connectivity index (χ1) is 9.66. The Labute approximate surface area is 120 Å². The normalized spacial score (nSPS) is 27.1. The van der Waals surface area contributed by atoms with Crippen LogP contribution in [0.1, 0.15) is 31.7 Å². The molecule has 20 heavy (non-hydrogen) atoms. The zero-order valence-electron chi connectivity index (χ0n) is 12.0. The van der Waals surface area contributed by atoms with Crippen molar-refractivity contribution in [2.45, 2.75) is 38.3 Å². The molecule has 2 saturated heterocycles. The summed E-state index contributed by atoms with van der Waals surface area (Å²) in [5, 5.41) is 7.76. The molecule has 3 heterocycles. The van der Waals surface area contributed by atoms with Crippen molar-refractivity contribution in [2.24, 2.45) is 5.73 Å². The van der Waals surface area contributed by atoms with Crippen LogP contribution in [0, 0.1) is 5.41 Å². The predicted octanol–water partition coefficient (Wildman–Crippen LogP) is 1.43. The first-order valence-corrected chi connectivity index (χ1v) is 7.46. The summed E-state index contributed by atoms with van der Waals surface area (Å²) in [4.78, 5) is 9.24. The average molecular weight is 273 g/mol. The van der Waals surface area contributed by atoms with Gasteiger partial charge >= 0.3 is 0 Å². The number of nitrogens with zero attached hydrogens (tertiary/aromatic N) is 3. The number of fused-ring (bicyclic) bond motifs is 1. The summed E-state index contributed by atoms with van der Waals surface area (Å²) in [6, 6.07) is 2.92. The zero-order chi connectivity index (χ0) is 14.1. The molecular weight excluding hydrogens is 250 g/mol. The second kappa shape index (κ2) is 5.40. The van der Waals surface area contributed by atoms with Gasteiger partial charge in [-0.1, -0.05) is 6.42 Å². The summed E-state index contributed by atoms with van der Waals surface area (Å²) < 4.78 is 0. The van der Waals surface area contributed by atoms with Crippen molar-refractivity contribution in [2.75, 3.05) is 24.5 Å². The van der Waals surface area contributed by atoms with Crippen LogP contribution in [0.3, 0.4) is 0 Å². The van der Waals surface area contributed by atoms with Gasteiger partial charge in [-0.25, -0.2) is 0 Å². The van der Waals surface area contributed by atoms with Crippen LogP contribution in [-0.2, 0) is 0 Å². The molecular formula is C15H23N5. The van der Waals surface area contributed by atoms with Crippen LogP contribution < -0.4 is 10.6 Å². The van der Waals surface area contributed by atoms with E-state index in [-0.39, 0.29) is 5.84 Å². The number of anilines is 1. The molecule has 0 amide bonds. The van der Waals surface area contributed by atoms with Gasteiger partial charge in [0.05, 0.1) is 11.9 Å². The minimum absolute atomic E-state index is 0.126. The van der Waals surface area contributed by atoms with E-state index in [1.807, 2.05) is 12.3 Å².